The topological polar surface area (TPSA) is 17.1 Å². The van der Waals surface area contributed by atoms with Crippen LogP contribution in [0.4, 0.5) is 0 Å². The van der Waals surface area contributed by atoms with E-state index in [0.717, 1.165) is 6.42 Å². The van der Waals surface area contributed by atoms with Gasteiger partial charge in [0.15, 0.2) is 0 Å². The minimum absolute atomic E-state index is 0.118. The van der Waals surface area contributed by atoms with Crippen molar-refractivity contribution >= 4 is 5.78 Å². The first-order valence-corrected chi connectivity index (χ1v) is 3.77. The van der Waals surface area contributed by atoms with E-state index >= 15 is 0 Å². The maximum absolute atomic E-state index is 10.4. The lowest BCUT2D eigenvalue weighted by atomic mass is 10.1. The van der Waals surface area contributed by atoms with Gasteiger partial charge < -0.3 is 0 Å². The summed E-state index contributed by atoms with van der Waals surface area (Å²) in [5.41, 5.74) is 0. The van der Waals surface area contributed by atoms with Gasteiger partial charge in [0.1, 0.15) is 5.78 Å². The molecule has 0 aliphatic heterocycles. The predicted octanol–water partition coefficient (Wildman–Crippen LogP) is 2.38. The third-order valence-corrected chi connectivity index (χ3v) is 1.19. The van der Waals surface area contributed by atoms with Gasteiger partial charge in [0.2, 0.25) is 0 Å². The maximum atomic E-state index is 10.4. The van der Waals surface area contributed by atoms with Gasteiger partial charge in [-0.3, -0.25) is 4.79 Å². The fourth-order valence-corrected chi connectivity index (χ4v) is 0.622. The number of hydrogen-bond donors (Lipinski definition) is 0. The summed E-state index contributed by atoms with van der Waals surface area (Å²) < 4.78 is 0. The lowest BCUT2D eigenvalue weighted by Crippen LogP contribution is -1.91. The minimum atomic E-state index is 0.118. The van der Waals surface area contributed by atoms with Gasteiger partial charge in [0.25, 0.3) is 0 Å². The molecule has 0 bridgehead atoms. The normalized spacial score (nSPS) is 9.80. The van der Waals surface area contributed by atoms with Gasteiger partial charge in [0, 0.05) is 6.42 Å². The van der Waals surface area contributed by atoms with Crippen LogP contribution in [0.5, 0.6) is 0 Å². The van der Waals surface area contributed by atoms with Crippen molar-refractivity contribution in [2.24, 2.45) is 0 Å². The average Bonchev–Trinajstić information content (AvgIpc) is 1.87. The van der Waals surface area contributed by atoms with Crippen LogP contribution < -0.4 is 0 Å². The molecular formula is C9H15O. The Morgan fingerprint density at radius 3 is 2.70 bits per heavy atom. The Balaban J connectivity index is 2.84. The molecule has 0 aromatic heterocycles. The van der Waals surface area contributed by atoms with Crippen molar-refractivity contribution in [3.05, 3.63) is 19.3 Å². The zero-order valence-electron chi connectivity index (χ0n) is 6.76. The number of hydrogen-bond acceptors (Lipinski definition) is 1. The Hall–Kier alpha value is -0.330. The Morgan fingerprint density at radius 2 is 2.20 bits per heavy atom. The zero-order chi connectivity index (χ0) is 7.82. The lowest BCUT2D eigenvalue weighted by molar-refractivity contribution is -0.113. The number of unbranched alkanes of at least 4 members (excludes halogenated alkanes) is 4. The predicted molar refractivity (Wildman–Crippen MR) is 43.1 cm³/mol. The van der Waals surface area contributed by atoms with E-state index in [0.29, 0.717) is 0 Å². The Morgan fingerprint density at radius 1 is 1.50 bits per heavy atom. The Bertz CT molecular complexity index is 86.7. The highest BCUT2D eigenvalue weighted by atomic mass is 16.1. The molecule has 1 heteroatoms. The molecule has 10 heavy (non-hydrogen) atoms. The van der Waals surface area contributed by atoms with Crippen LogP contribution in [-0.2, 0) is 4.79 Å². The quantitative estimate of drug-likeness (QED) is 0.516. The molecule has 1 nitrogen and oxygen atoms in total. The van der Waals surface area contributed by atoms with Crippen LogP contribution in [0.2, 0.25) is 0 Å². The number of ketones is 1. The van der Waals surface area contributed by atoms with Gasteiger partial charge in [0.05, 0.1) is 0 Å². The van der Waals surface area contributed by atoms with Crippen LogP contribution in [0.3, 0.4) is 0 Å². The molecule has 0 fully saturated rings. The maximum Gasteiger partial charge on any atom is 0.133 e. The molecule has 0 atom stereocenters. The van der Waals surface area contributed by atoms with Crippen LogP contribution in [0.15, 0.2) is 0 Å². The SMILES string of the molecule is CCCC[CH][CH][CH]C(C)=O. The Labute approximate surface area is 63.8 Å². The largest absolute Gasteiger partial charge is 0.300 e. The molecule has 0 aromatic carbocycles. The molecule has 57 valence electrons. The van der Waals surface area contributed by atoms with Crippen molar-refractivity contribution in [1.82, 2.24) is 0 Å². The molecule has 3 radical (unpaired) electrons. The van der Waals surface area contributed by atoms with Crippen LogP contribution in [0, 0.1) is 19.3 Å². The van der Waals surface area contributed by atoms with E-state index < -0.39 is 0 Å². The molecule has 0 aliphatic rings. The second-order valence-electron chi connectivity index (χ2n) is 2.35. The summed E-state index contributed by atoms with van der Waals surface area (Å²) in [6.07, 6.45) is 8.96. The number of carbonyl (C=O) groups is 1. The van der Waals surface area contributed by atoms with Crippen LogP contribution in [0.1, 0.15) is 33.1 Å². The zero-order valence-corrected chi connectivity index (χ0v) is 6.76. The summed E-state index contributed by atoms with van der Waals surface area (Å²) >= 11 is 0. The van der Waals surface area contributed by atoms with E-state index in [4.69, 9.17) is 0 Å². The highest BCUT2D eigenvalue weighted by Gasteiger charge is 1.93. The van der Waals surface area contributed by atoms with Crippen LogP contribution in [-0.4, -0.2) is 5.78 Å². The molecule has 0 amide bonds. The number of rotatable bonds is 6. The van der Waals surface area contributed by atoms with E-state index in [2.05, 4.69) is 6.92 Å². The summed E-state index contributed by atoms with van der Waals surface area (Å²) in [6, 6.07) is 0. The van der Waals surface area contributed by atoms with E-state index in [1.165, 1.54) is 12.8 Å². The lowest BCUT2D eigenvalue weighted by Gasteiger charge is -1.94. The van der Waals surface area contributed by atoms with E-state index in [9.17, 15) is 4.79 Å². The van der Waals surface area contributed by atoms with Crippen molar-refractivity contribution in [3.8, 4) is 0 Å². The number of carbonyl (C=O) groups excluding carboxylic acids is 1. The van der Waals surface area contributed by atoms with Gasteiger partial charge in [-0.1, -0.05) is 19.8 Å². The first kappa shape index (κ1) is 9.67. The second kappa shape index (κ2) is 6.79. The van der Waals surface area contributed by atoms with Gasteiger partial charge >= 0.3 is 0 Å². The highest BCUT2D eigenvalue weighted by Crippen LogP contribution is 2.01. The number of Topliss-reactive ketones (excluding diaryl/α,β-unsaturated/α-hetero) is 1. The van der Waals surface area contributed by atoms with Crippen molar-refractivity contribution in [2.45, 2.75) is 33.1 Å². The molecule has 0 rings (SSSR count). The smallest absolute Gasteiger partial charge is 0.133 e. The van der Waals surface area contributed by atoms with Crippen molar-refractivity contribution in [2.75, 3.05) is 0 Å². The summed E-state index contributed by atoms with van der Waals surface area (Å²) in [5, 5.41) is 0. The first-order chi connectivity index (χ1) is 4.77. The third kappa shape index (κ3) is 7.67. The fraction of sp³-hybridized carbons (Fsp3) is 0.556. The van der Waals surface area contributed by atoms with E-state index in [-0.39, 0.29) is 5.78 Å². The molecule has 0 saturated carbocycles. The fourth-order valence-electron chi connectivity index (χ4n) is 0.622. The highest BCUT2D eigenvalue weighted by molar-refractivity contribution is 5.86. The molecule has 0 spiro atoms. The first-order valence-electron chi connectivity index (χ1n) is 3.77. The monoisotopic (exact) mass is 139 g/mol. The molecule has 0 heterocycles. The molecule has 0 saturated heterocycles. The van der Waals surface area contributed by atoms with Gasteiger partial charge in [-0.25, -0.2) is 0 Å². The molecule has 0 aliphatic carbocycles. The van der Waals surface area contributed by atoms with Gasteiger partial charge in [-0.15, -0.1) is 0 Å². The second-order valence-corrected chi connectivity index (χ2v) is 2.35. The van der Waals surface area contributed by atoms with Crippen LogP contribution >= 0.6 is 0 Å². The van der Waals surface area contributed by atoms with Crippen LogP contribution in [0.25, 0.3) is 0 Å². The van der Waals surface area contributed by atoms with Crippen molar-refractivity contribution in [1.29, 1.82) is 0 Å². The summed E-state index contributed by atoms with van der Waals surface area (Å²) in [4.78, 5) is 10.4. The molecular weight excluding hydrogens is 124 g/mol. The summed E-state index contributed by atoms with van der Waals surface area (Å²) in [5.74, 6) is 0.118. The standard InChI is InChI=1S/C9H15O/c1-3-4-5-6-7-8-9(2)10/h6-8H,3-5H2,1-2H3. The van der Waals surface area contributed by atoms with Gasteiger partial charge in [-0.2, -0.15) is 0 Å². The summed E-state index contributed by atoms with van der Waals surface area (Å²) in [7, 11) is 0. The Kier molecular flexibility index (Phi) is 6.56. The summed E-state index contributed by atoms with van der Waals surface area (Å²) in [6.45, 7) is 3.71. The van der Waals surface area contributed by atoms with E-state index in [1.54, 1.807) is 13.3 Å². The minimum Gasteiger partial charge on any atom is -0.300 e. The van der Waals surface area contributed by atoms with E-state index in [1.807, 2.05) is 12.8 Å². The molecule has 0 aromatic rings. The third-order valence-electron chi connectivity index (χ3n) is 1.19. The van der Waals surface area contributed by atoms with Crippen molar-refractivity contribution in [3.63, 3.8) is 0 Å². The van der Waals surface area contributed by atoms with Crippen molar-refractivity contribution < 1.29 is 4.79 Å². The molecule has 0 unspecified atom stereocenters. The molecule has 0 N–H and O–H groups in total. The van der Waals surface area contributed by atoms with Gasteiger partial charge in [-0.05, 0) is 26.2 Å². The average molecular weight is 139 g/mol.